The Kier molecular flexibility index (Phi) is 5.69. The van der Waals surface area contributed by atoms with Gasteiger partial charge in [0.05, 0.1) is 5.54 Å². The largest absolute Gasteiger partial charge is 0.345 e. The van der Waals surface area contributed by atoms with Crippen molar-refractivity contribution in [1.82, 2.24) is 0 Å². The molecule has 3 aromatic rings. The summed E-state index contributed by atoms with van der Waals surface area (Å²) in [5.41, 5.74) is 2.62. The van der Waals surface area contributed by atoms with Crippen LogP contribution in [0.15, 0.2) is 81.8 Å². The molecule has 0 saturated carbocycles. The predicted molar refractivity (Wildman–Crippen MR) is 128 cm³/mol. The van der Waals surface area contributed by atoms with Gasteiger partial charge >= 0.3 is 0 Å². The molecule has 6 heteroatoms. The van der Waals surface area contributed by atoms with E-state index in [0.717, 1.165) is 21.9 Å². The highest BCUT2D eigenvalue weighted by molar-refractivity contribution is 8.14. The monoisotopic (exact) mass is 433 g/mol. The van der Waals surface area contributed by atoms with Crippen LogP contribution in [0.25, 0.3) is 10.8 Å². The maximum Gasteiger partial charge on any atom is 0.163 e. The summed E-state index contributed by atoms with van der Waals surface area (Å²) in [4.78, 5) is 6.04. The van der Waals surface area contributed by atoms with Crippen LogP contribution in [0.1, 0.15) is 25.0 Å². The van der Waals surface area contributed by atoms with Crippen molar-refractivity contribution in [3.8, 4) is 18.2 Å². The second-order valence-corrected chi connectivity index (χ2v) is 9.12. The van der Waals surface area contributed by atoms with Gasteiger partial charge in [0, 0.05) is 16.1 Å². The fourth-order valence-corrected chi connectivity index (χ4v) is 4.85. The van der Waals surface area contributed by atoms with E-state index in [-0.39, 0.29) is 16.8 Å². The van der Waals surface area contributed by atoms with Gasteiger partial charge in [-0.05, 0) is 60.9 Å². The van der Waals surface area contributed by atoms with Gasteiger partial charge in [-0.2, -0.15) is 15.8 Å². The Morgan fingerprint density at radius 1 is 0.938 bits per heavy atom. The molecule has 154 valence electrons. The quantitative estimate of drug-likeness (QED) is 0.515. The molecular formula is C26H19N5S. The van der Waals surface area contributed by atoms with Crippen LogP contribution in [-0.4, -0.2) is 10.6 Å². The summed E-state index contributed by atoms with van der Waals surface area (Å²) < 4.78 is 0. The Bertz CT molecular complexity index is 1380. The minimum atomic E-state index is -0.242. The van der Waals surface area contributed by atoms with Crippen LogP contribution in [0, 0.1) is 34.0 Å². The molecule has 0 atom stereocenters. The molecular weight excluding hydrogens is 414 g/mol. The van der Waals surface area contributed by atoms with Crippen molar-refractivity contribution in [2.24, 2.45) is 4.99 Å². The molecule has 0 saturated heterocycles. The molecule has 0 bridgehead atoms. The van der Waals surface area contributed by atoms with Crippen molar-refractivity contribution in [2.45, 2.75) is 30.7 Å². The minimum Gasteiger partial charge on any atom is -0.345 e. The molecule has 0 aliphatic carbocycles. The van der Waals surface area contributed by atoms with E-state index >= 15 is 0 Å². The average molecular weight is 434 g/mol. The third-order valence-corrected chi connectivity index (χ3v) is 6.22. The minimum absolute atomic E-state index is 0.0605. The SMILES string of the molecule is CC1(C)Cc2c(ccc3ccccc23)C(Sc2ccc(NC(C#N)=C(C#N)C#N)cc2)=N1. The van der Waals surface area contributed by atoms with Gasteiger partial charge in [-0.3, -0.25) is 4.99 Å². The van der Waals surface area contributed by atoms with E-state index < -0.39 is 0 Å². The third kappa shape index (κ3) is 4.21. The van der Waals surface area contributed by atoms with Crippen molar-refractivity contribution in [3.05, 3.63) is 83.1 Å². The smallest absolute Gasteiger partial charge is 0.163 e. The van der Waals surface area contributed by atoms with E-state index in [2.05, 4.69) is 55.6 Å². The van der Waals surface area contributed by atoms with E-state index in [1.54, 1.807) is 23.9 Å². The number of thioether (sulfide) groups is 1. The molecule has 0 aromatic heterocycles. The average Bonchev–Trinajstić information content (AvgIpc) is 2.79. The lowest BCUT2D eigenvalue weighted by molar-refractivity contribution is 0.517. The van der Waals surface area contributed by atoms with Crippen LogP contribution in [0.3, 0.4) is 0 Å². The van der Waals surface area contributed by atoms with E-state index in [1.165, 1.54) is 16.3 Å². The predicted octanol–water partition coefficient (Wildman–Crippen LogP) is 5.95. The zero-order chi connectivity index (χ0) is 22.7. The Morgan fingerprint density at radius 3 is 2.34 bits per heavy atom. The highest BCUT2D eigenvalue weighted by atomic mass is 32.2. The Balaban J connectivity index is 1.64. The highest BCUT2D eigenvalue weighted by Crippen LogP contribution is 2.37. The lowest BCUT2D eigenvalue weighted by atomic mass is 9.86. The molecule has 0 radical (unpaired) electrons. The number of fused-ring (bicyclic) bond motifs is 3. The first-order chi connectivity index (χ1) is 15.4. The number of hydrogen-bond donors (Lipinski definition) is 1. The Hall–Kier alpha value is -4.05. The lowest BCUT2D eigenvalue weighted by Crippen LogP contribution is -2.28. The summed E-state index contributed by atoms with van der Waals surface area (Å²) in [6, 6.07) is 25.6. The lowest BCUT2D eigenvalue weighted by Gasteiger charge is -2.29. The second kappa shape index (κ2) is 8.60. The number of aliphatic imine (C=N–C) groups is 1. The van der Waals surface area contributed by atoms with Crippen LogP contribution in [0.2, 0.25) is 0 Å². The van der Waals surface area contributed by atoms with Gasteiger partial charge in [-0.15, -0.1) is 0 Å². The van der Waals surface area contributed by atoms with Gasteiger partial charge < -0.3 is 5.32 Å². The molecule has 1 aliphatic rings. The summed E-state index contributed by atoms with van der Waals surface area (Å²) in [6.07, 6.45) is 0.889. The standard InChI is InChI=1S/C26H19N5S/c1-26(2)13-23-21-6-4-3-5-17(21)7-12-22(23)25(31-26)32-20-10-8-19(9-11-20)30-24(16-29)18(14-27)15-28/h3-12,30H,13H2,1-2H3. The molecule has 1 heterocycles. The molecule has 4 rings (SSSR count). The number of nitrogens with zero attached hydrogens (tertiary/aromatic N) is 4. The first kappa shape index (κ1) is 21.2. The van der Waals surface area contributed by atoms with Gasteiger partial charge in [0.25, 0.3) is 0 Å². The van der Waals surface area contributed by atoms with Crippen LogP contribution in [0.4, 0.5) is 5.69 Å². The van der Waals surface area contributed by atoms with Gasteiger partial charge in [0.15, 0.2) is 5.57 Å². The second-order valence-electron chi connectivity index (χ2n) is 8.06. The van der Waals surface area contributed by atoms with Gasteiger partial charge in [-0.25, -0.2) is 0 Å². The summed E-state index contributed by atoms with van der Waals surface area (Å²) in [6.45, 7) is 4.31. The van der Waals surface area contributed by atoms with Crippen molar-refractivity contribution in [3.63, 3.8) is 0 Å². The van der Waals surface area contributed by atoms with Crippen LogP contribution in [-0.2, 0) is 6.42 Å². The van der Waals surface area contributed by atoms with E-state index in [0.29, 0.717) is 5.69 Å². The van der Waals surface area contributed by atoms with Gasteiger partial charge in [0.2, 0.25) is 0 Å². The summed E-state index contributed by atoms with van der Waals surface area (Å²) >= 11 is 1.61. The van der Waals surface area contributed by atoms with Crippen molar-refractivity contribution in [2.75, 3.05) is 5.32 Å². The van der Waals surface area contributed by atoms with Crippen LogP contribution in [0.5, 0.6) is 0 Å². The van der Waals surface area contributed by atoms with Crippen molar-refractivity contribution >= 4 is 33.3 Å². The maximum atomic E-state index is 9.22. The zero-order valence-corrected chi connectivity index (χ0v) is 18.5. The topological polar surface area (TPSA) is 95.8 Å². The molecule has 5 nitrogen and oxygen atoms in total. The molecule has 3 aromatic carbocycles. The Morgan fingerprint density at radius 2 is 1.66 bits per heavy atom. The third-order valence-electron chi connectivity index (χ3n) is 5.21. The van der Waals surface area contributed by atoms with Crippen LogP contribution < -0.4 is 5.32 Å². The number of benzene rings is 3. The molecule has 1 aliphatic heterocycles. The first-order valence-corrected chi connectivity index (χ1v) is 10.9. The summed E-state index contributed by atoms with van der Waals surface area (Å²) in [7, 11) is 0. The summed E-state index contributed by atoms with van der Waals surface area (Å²) in [5, 5.41) is 33.5. The number of nitriles is 3. The summed E-state index contributed by atoms with van der Waals surface area (Å²) in [5.74, 6) is 0. The van der Waals surface area contributed by atoms with Gasteiger partial charge in [0.1, 0.15) is 28.9 Å². The van der Waals surface area contributed by atoms with E-state index in [4.69, 9.17) is 15.5 Å². The molecule has 32 heavy (non-hydrogen) atoms. The maximum absolute atomic E-state index is 9.22. The number of nitrogens with one attached hydrogen (secondary N) is 1. The Labute approximate surface area is 191 Å². The number of anilines is 1. The van der Waals surface area contributed by atoms with E-state index in [9.17, 15) is 5.26 Å². The molecule has 0 fully saturated rings. The normalized spacial score (nSPS) is 13.7. The van der Waals surface area contributed by atoms with E-state index in [1.807, 2.05) is 30.3 Å². The molecule has 1 N–H and O–H groups in total. The molecule has 0 amide bonds. The molecule has 0 spiro atoms. The number of allylic oxidation sites excluding steroid dienone is 2. The fourth-order valence-electron chi connectivity index (χ4n) is 3.76. The number of rotatable bonds is 3. The fraction of sp³-hybridized carbons (Fsp3) is 0.154. The molecule has 0 unspecified atom stereocenters. The van der Waals surface area contributed by atoms with Gasteiger partial charge in [-0.1, -0.05) is 48.2 Å². The number of hydrogen-bond acceptors (Lipinski definition) is 6. The zero-order valence-electron chi connectivity index (χ0n) is 17.7. The van der Waals surface area contributed by atoms with Crippen molar-refractivity contribution < 1.29 is 0 Å². The highest BCUT2D eigenvalue weighted by Gasteiger charge is 2.28. The first-order valence-electron chi connectivity index (χ1n) is 10.0. The van der Waals surface area contributed by atoms with Crippen LogP contribution >= 0.6 is 11.8 Å². The van der Waals surface area contributed by atoms with Crippen molar-refractivity contribution in [1.29, 1.82) is 15.8 Å².